The second-order valence-electron chi connectivity index (χ2n) is 3.00. The Labute approximate surface area is 62.2 Å². The van der Waals surface area contributed by atoms with Crippen molar-refractivity contribution >= 4 is 0 Å². The Morgan fingerprint density at radius 1 is 1.60 bits per heavy atom. The van der Waals surface area contributed by atoms with Crippen LogP contribution >= 0.6 is 0 Å². The van der Waals surface area contributed by atoms with E-state index in [9.17, 15) is 0 Å². The minimum Gasteiger partial charge on any atom is -0.310 e. The molecule has 1 saturated carbocycles. The Morgan fingerprint density at radius 2 is 2.30 bits per heavy atom. The van der Waals surface area contributed by atoms with E-state index < -0.39 is 0 Å². The van der Waals surface area contributed by atoms with Crippen molar-refractivity contribution in [3.8, 4) is 6.07 Å². The maximum Gasteiger partial charge on any atom is 0.0641 e. The molecule has 0 aromatic carbocycles. The molecular formula is C8H14N2. The van der Waals surface area contributed by atoms with Crippen LogP contribution in [0.5, 0.6) is 0 Å². The molecule has 0 amide bonds. The van der Waals surface area contributed by atoms with Crippen LogP contribution in [-0.2, 0) is 0 Å². The maximum atomic E-state index is 8.50. The Balaban J connectivity index is 2.36. The number of hydrogen-bond donors (Lipinski definition) is 1. The molecule has 1 fully saturated rings. The molecule has 1 N–H and O–H groups in total. The van der Waals surface area contributed by atoms with Gasteiger partial charge in [0, 0.05) is 5.54 Å². The van der Waals surface area contributed by atoms with Crippen LogP contribution in [0.1, 0.15) is 32.6 Å². The molecule has 0 saturated heterocycles. The summed E-state index contributed by atoms with van der Waals surface area (Å²) in [5, 5.41) is 11.9. The number of nitrogens with zero attached hydrogens (tertiary/aromatic N) is 1. The zero-order valence-electron chi connectivity index (χ0n) is 6.48. The molecule has 1 aliphatic carbocycles. The van der Waals surface area contributed by atoms with E-state index in [2.05, 4.69) is 18.3 Å². The van der Waals surface area contributed by atoms with E-state index in [4.69, 9.17) is 5.26 Å². The predicted molar refractivity (Wildman–Crippen MR) is 40.5 cm³/mol. The molecular weight excluding hydrogens is 124 g/mol. The number of hydrogen-bond acceptors (Lipinski definition) is 2. The summed E-state index contributed by atoms with van der Waals surface area (Å²) >= 11 is 0. The van der Waals surface area contributed by atoms with Gasteiger partial charge in [-0.05, 0) is 25.8 Å². The zero-order valence-corrected chi connectivity index (χ0v) is 6.48. The van der Waals surface area contributed by atoms with E-state index in [0.29, 0.717) is 6.42 Å². The molecule has 0 radical (unpaired) electrons. The second kappa shape index (κ2) is 3.03. The smallest absolute Gasteiger partial charge is 0.0641 e. The molecule has 0 unspecified atom stereocenters. The fourth-order valence-corrected chi connectivity index (χ4v) is 1.55. The molecule has 0 atom stereocenters. The van der Waals surface area contributed by atoms with Gasteiger partial charge in [-0.1, -0.05) is 6.92 Å². The van der Waals surface area contributed by atoms with Crippen LogP contribution in [0, 0.1) is 11.3 Å². The van der Waals surface area contributed by atoms with Crippen molar-refractivity contribution in [2.24, 2.45) is 0 Å². The Morgan fingerprint density at radius 3 is 2.60 bits per heavy atom. The molecule has 0 aromatic rings. The molecule has 1 rings (SSSR count). The summed E-state index contributed by atoms with van der Waals surface area (Å²) in [5.74, 6) is 0. The summed E-state index contributed by atoms with van der Waals surface area (Å²) in [6.45, 7) is 3.08. The lowest BCUT2D eigenvalue weighted by molar-refractivity contribution is 0.193. The Kier molecular flexibility index (Phi) is 2.29. The molecule has 2 nitrogen and oxygen atoms in total. The van der Waals surface area contributed by atoms with Gasteiger partial charge in [-0.25, -0.2) is 0 Å². The lowest BCUT2D eigenvalue weighted by Crippen LogP contribution is -2.50. The summed E-state index contributed by atoms with van der Waals surface area (Å²) in [7, 11) is 0. The normalized spacial score (nSPS) is 21.2. The van der Waals surface area contributed by atoms with Gasteiger partial charge in [0.2, 0.25) is 0 Å². The van der Waals surface area contributed by atoms with Gasteiger partial charge in [0.15, 0.2) is 0 Å². The standard InChI is InChI=1S/C8H14N2/c1-2-10-8(6-7-9)4-3-5-8/h10H,2-6H2,1H3. The highest BCUT2D eigenvalue weighted by atomic mass is 15.0. The maximum absolute atomic E-state index is 8.50. The van der Waals surface area contributed by atoms with E-state index in [1.54, 1.807) is 0 Å². The molecule has 0 aromatic heterocycles. The number of rotatable bonds is 3. The first-order chi connectivity index (χ1) is 4.83. The van der Waals surface area contributed by atoms with Crippen LogP contribution < -0.4 is 5.32 Å². The first kappa shape index (κ1) is 7.56. The van der Waals surface area contributed by atoms with Crippen molar-refractivity contribution in [1.82, 2.24) is 5.32 Å². The fraction of sp³-hybridized carbons (Fsp3) is 0.875. The highest BCUT2D eigenvalue weighted by molar-refractivity contribution is 5.01. The van der Waals surface area contributed by atoms with Crippen LogP contribution in [0.25, 0.3) is 0 Å². The third kappa shape index (κ3) is 1.30. The average Bonchev–Trinajstić information content (AvgIpc) is 1.84. The minimum absolute atomic E-state index is 0.212. The third-order valence-electron chi connectivity index (χ3n) is 2.28. The summed E-state index contributed by atoms with van der Waals surface area (Å²) in [4.78, 5) is 0. The largest absolute Gasteiger partial charge is 0.310 e. The summed E-state index contributed by atoms with van der Waals surface area (Å²) < 4.78 is 0. The lowest BCUT2D eigenvalue weighted by atomic mass is 9.75. The highest BCUT2D eigenvalue weighted by Crippen LogP contribution is 2.34. The summed E-state index contributed by atoms with van der Waals surface area (Å²) in [6, 6.07) is 2.23. The predicted octanol–water partition coefficient (Wildman–Crippen LogP) is 1.43. The van der Waals surface area contributed by atoms with Crippen LogP contribution in [0.3, 0.4) is 0 Å². The van der Waals surface area contributed by atoms with Crippen LogP contribution in [-0.4, -0.2) is 12.1 Å². The van der Waals surface area contributed by atoms with Gasteiger partial charge in [-0.3, -0.25) is 0 Å². The molecule has 10 heavy (non-hydrogen) atoms. The average molecular weight is 138 g/mol. The monoisotopic (exact) mass is 138 g/mol. The van der Waals surface area contributed by atoms with Gasteiger partial charge in [0.1, 0.15) is 0 Å². The molecule has 0 spiro atoms. The van der Waals surface area contributed by atoms with E-state index in [0.717, 1.165) is 6.54 Å². The van der Waals surface area contributed by atoms with E-state index in [1.807, 2.05) is 0 Å². The van der Waals surface area contributed by atoms with Gasteiger partial charge in [0.05, 0.1) is 12.5 Å². The van der Waals surface area contributed by atoms with Crippen molar-refractivity contribution < 1.29 is 0 Å². The van der Waals surface area contributed by atoms with Crippen LogP contribution in [0.4, 0.5) is 0 Å². The van der Waals surface area contributed by atoms with E-state index in [1.165, 1.54) is 19.3 Å². The van der Waals surface area contributed by atoms with Crippen molar-refractivity contribution in [3.63, 3.8) is 0 Å². The van der Waals surface area contributed by atoms with Crippen molar-refractivity contribution in [2.45, 2.75) is 38.1 Å². The van der Waals surface area contributed by atoms with Crippen LogP contribution in [0.15, 0.2) is 0 Å². The van der Waals surface area contributed by atoms with Crippen molar-refractivity contribution in [2.75, 3.05) is 6.54 Å². The van der Waals surface area contributed by atoms with Gasteiger partial charge in [0.25, 0.3) is 0 Å². The topological polar surface area (TPSA) is 35.8 Å². The van der Waals surface area contributed by atoms with Crippen molar-refractivity contribution in [1.29, 1.82) is 5.26 Å². The van der Waals surface area contributed by atoms with Crippen LogP contribution in [0.2, 0.25) is 0 Å². The molecule has 0 heterocycles. The highest BCUT2D eigenvalue weighted by Gasteiger charge is 2.35. The van der Waals surface area contributed by atoms with Gasteiger partial charge in [-0.15, -0.1) is 0 Å². The molecule has 0 aliphatic heterocycles. The minimum atomic E-state index is 0.212. The SMILES string of the molecule is CCNC1(CC#N)CCC1. The summed E-state index contributed by atoms with van der Waals surface area (Å²) in [5.41, 5.74) is 0.212. The zero-order chi connectivity index (χ0) is 7.45. The van der Waals surface area contributed by atoms with Gasteiger partial charge in [-0.2, -0.15) is 5.26 Å². The van der Waals surface area contributed by atoms with Crippen molar-refractivity contribution in [3.05, 3.63) is 0 Å². The summed E-state index contributed by atoms with van der Waals surface area (Å²) in [6.07, 6.45) is 4.35. The molecule has 2 heteroatoms. The third-order valence-corrected chi connectivity index (χ3v) is 2.28. The second-order valence-corrected chi connectivity index (χ2v) is 3.00. The number of nitrogens with one attached hydrogen (secondary N) is 1. The lowest BCUT2D eigenvalue weighted by Gasteiger charge is -2.40. The Bertz CT molecular complexity index is 142. The van der Waals surface area contributed by atoms with E-state index >= 15 is 0 Å². The number of nitriles is 1. The van der Waals surface area contributed by atoms with Gasteiger partial charge >= 0.3 is 0 Å². The molecule has 1 aliphatic rings. The van der Waals surface area contributed by atoms with Gasteiger partial charge < -0.3 is 5.32 Å². The Hall–Kier alpha value is -0.550. The quantitative estimate of drug-likeness (QED) is 0.640. The fourth-order valence-electron chi connectivity index (χ4n) is 1.55. The van der Waals surface area contributed by atoms with E-state index in [-0.39, 0.29) is 5.54 Å². The molecule has 0 bridgehead atoms. The first-order valence-corrected chi connectivity index (χ1v) is 3.95. The molecule has 56 valence electrons. The first-order valence-electron chi connectivity index (χ1n) is 3.95.